The average Bonchev–Trinajstić information content (AvgIpc) is 3.49. The summed E-state index contributed by atoms with van der Waals surface area (Å²) in [5.41, 5.74) is 5.12. The van der Waals surface area contributed by atoms with Crippen molar-refractivity contribution in [2.45, 2.75) is 31.8 Å². The molecule has 0 aliphatic carbocycles. The molecule has 0 radical (unpaired) electrons. The molecular formula is C28H26N4O2S. The molecule has 0 saturated carbocycles. The topological polar surface area (TPSA) is 70.4 Å². The van der Waals surface area contributed by atoms with E-state index in [-0.39, 0.29) is 17.6 Å². The smallest absolute Gasteiger partial charge is 0.335 e. The molecule has 0 spiro atoms. The molecular weight excluding hydrogens is 456 g/mol. The van der Waals surface area contributed by atoms with Gasteiger partial charge < -0.3 is 19.9 Å². The van der Waals surface area contributed by atoms with Crippen LogP contribution in [0.2, 0.25) is 0 Å². The molecule has 1 fully saturated rings. The van der Waals surface area contributed by atoms with Crippen LogP contribution in [-0.2, 0) is 0 Å². The second kappa shape index (κ2) is 9.35. The third-order valence-corrected chi connectivity index (χ3v) is 6.71. The first-order valence-electron chi connectivity index (χ1n) is 11.6. The highest BCUT2D eigenvalue weighted by Gasteiger charge is 2.42. The summed E-state index contributed by atoms with van der Waals surface area (Å²) in [6.07, 6.45) is 3.74. The molecule has 6 nitrogen and oxygen atoms in total. The lowest BCUT2D eigenvalue weighted by atomic mass is 9.99. The molecule has 2 aromatic heterocycles. The Hall–Kier alpha value is -3.97. The maximum Gasteiger partial charge on any atom is 0.335 e. The fourth-order valence-corrected chi connectivity index (χ4v) is 4.96. The fourth-order valence-electron chi connectivity index (χ4n) is 4.61. The molecule has 0 unspecified atom stereocenters. The van der Waals surface area contributed by atoms with Gasteiger partial charge in [0.25, 0.3) is 0 Å². The first-order valence-corrected chi connectivity index (χ1v) is 12.0. The normalized spacial score (nSPS) is 17.6. The lowest BCUT2D eigenvalue weighted by Crippen LogP contribution is -2.30. The van der Waals surface area contributed by atoms with Crippen LogP contribution in [0.25, 0.3) is 5.69 Å². The second-order valence-electron chi connectivity index (χ2n) is 8.90. The Morgan fingerprint density at radius 2 is 1.80 bits per heavy atom. The number of benzene rings is 2. The summed E-state index contributed by atoms with van der Waals surface area (Å²) in [4.78, 5) is 18.4. The number of carbonyl (C=O) groups is 1. The number of hydrogen-bond donors (Lipinski definition) is 2. The van der Waals surface area contributed by atoms with Crippen molar-refractivity contribution < 1.29 is 9.90 Å². The molecule has 1 aliphatic heterocycles. The van der Waals surface area contributed by atoms with Gasteiger partial charge in [-0.2, -0.15) is 0 Å². The highest BCUT2D eigenvalue weighted by molar-refractivity contribution is 7.80. The quantitative estimate of drug-likeness (QED) is 0.335. The van der Waals surface area contributed by atoms with Crippen molar-refractivity contribution in [3.05, 3.63) is 114 Å². The summed E-state index contributed by atoms with van der Waals surface area (Å²) in [5, 5.41) is 13.6. The number of nitrogens with zero attached hydrogens (tertiary/aromatic N) is 3. The van der Waals surface area contributed by atoms with Crippen LogP contribution in [0.15, 0.2) is 91.3 Å². The Balaban J connectivity index is 1.64. The van der Waals surface area contributed by atoms with Crippen LogP contribution in [0.5, 0.6) is 0 Å². The largest absolute Gasteiger partial charge is 0.478 e. The van der Waals surface area contributed by atoms with Crippen molar-refractivity contribution in [2.24, 2.45) is 0 Å². The molecule has 35 heavy (non-hydrogen) atoms. The third kappa shape index (κ3) is 4.31. The molecule has 0 bridgehead atoms. The first kappa shape index (κ1) is 22.8. The number of carboxylic acids is 1. The van der Waals surface area contributed by atoms with E-state index < -0.39 is 5.97 Å². The number of rotatable bonds is 6. The minimum Gasteiger partial charge on any atom is -0.478 e. The Kier molecular flexibility index (Phi) is 6.09. The summed E-state index contributed by atoms with van der Waals surface area (Å²) >= 11 is 5.85. The molecule has 2 N–H and O–H groups in total. The van der Waals surface area contributed by atoms with E-state index in [2.05, 4.69) is 59.4 Å². The summed E-state index contributed by atoms with van der Waals surface area (Å²) < 4.78 is 2.03. The van der Waals surface area contributed by atoms with Gasteiger partial charge in [-0.3, -0.25) is 4.98 Å². The lowest BCUT2D eigenvalue weighted by molar-refractivity contribution is 0.0697. The van der Waals surface area contributed by atoms with Crippen molar-refractivity contribution in [3.63, 3.8) is 0 Å². The number of thiocarbonyl (C=S) groups is 1. The molecule has 7 heteroatoms. The Labute approximate surface area is 209 Å². The number of hydrogen-bond acceptors (Lipinski definition) is 3. The van der Waals surface area contributed by atoms with E-state index in [1.54, 1.807) is 24.4 Å². The van der Waals surface area contributed by atoms with Gasteiger partial charge in [-0.15, -0.1) is 0 Å². The highest BCUT2D eigenvalue weighted by Crippen LogP contribution is 2.42. The molecule has 2 atom stereocenters. The van der Waals surface area contributed by atoms with Crippen molar-refractivity contribution in [1.82, 2.24) is 14.9 Å². The zero-order valence-corrected chi connectivity index (χ0v) is 20.3. The molecule has 2 aromatic carbocycles. The van der Waals surface area contributed by atoms with Crippen LogP contribution >= 0.6 is 12.2 Å². The number of pyridine rings is 1. The molecule has 0 amide bonds. The monoisotopic (exact) mass is 482 g/mol. The number of aromatic nitrogens is 2. The second-order valence-corrected chi connectivity index (χ2v) is 9.29. The standard InChI is InChI=1S/C28H26N4O2S/c1-18(2)19-11-13-21(14-12-19)32-26(25(30-28(32)35)23-9-3-4-15-29-23)24-10-6-16-31(24)22-8-5-7-20(17-22)27(33)34/h3-18,25-26H,1-2H3,(H,30,35)(H,33,34)/t25-,26-/m0/s1. The van der Waals surface area contributed by atoms with E-state index in [0.29, 0.717) is 11.0 Å². The maximum atomic E-state index is 11.6. The minimum atomic E-state index is -0.956. The van der Waals surface area contributed by atoms with E-state index in [9.17, 15) is 9.90 Å². The summed E-state index contributed by atoms with van der Waals surface area (Å²) in [7, 11) is 0. The Morgan fingerprint density at radius 3 is 2.49 bits per heavy atom. The predicted molar refractivity (Wildman–Crippen MR) is 141 cm³/mol. The van der Waals surface area contributed by atoms with Gasteiger partial charge in [-0.05, 0) is 78.3 Å². The van der Waals surface area contributed by atoms with Crippen LogP contribution in [0.3, 0.4) is 0 Å². The maximum absolute atomic E-state index is 11.6. The zero-order valence-electron chi connectivity index (χ0n) is 19.5. The minimum absolute atomic E-state index is 0.190. The van der Waals surface area contributed by atoms with Gasteiger partial charge in [-0.1, -0.05) is 38.1 Å². The molecule has 3 heterocycles. The van der Waals surface area contributed by atoms with Gasteiger partial charge in [0.15, 0.2) is 5.11 Å². The van der Waals surface area contributed by atoms with Crippen molar-refractivity contribution >= 4 is 29.0 Å². The van der Waals surface area contributed by atoms with Gasteiger partial charge >= 0.3 is 5.97 Å². The number of nitrogens with one attached hydrogen (secondary N) is 1. The van der Waals surface area contributed by atoms with Crippen LogP contribution in [-0.4, -0.2) is 25.7 Å². The van der Waals surface area contributed by atoms with Crippen LogP contribution in [0, 0.1) is 0 Å². The fraction of sp³-hybridized carbons (Fsp3) is 0.179. The Bertz CT molecular complexity index is 1370. The van der Waals surface area contributed by atoms with E-state index in [0.717, 1.165) is 22.8 Å². The van der Waals surface area contributed by atoms with E-state index >= 15 is 0 Å². The lowest BCUT2D eigenvalue weighted by Gasteiger charge is -2.29. The van der Waals surface area contributed by atoms with Gasteiger partial charge in [0, 0.05) is 29.5 Å². The Morgan fingerprint density at radius 1 is 1.00 bits per heavy atom. The van der Waals surface area contributed by atoms with Crippen LogP contribution < -0.4 is 10.2 Å². The summed E-state index contributed by atoms with van der Waals surface area (Å²) in [5.74, 6) is -0.522. The SMILES string of the molecule is CC(C)c1ccc(N2C(=S)N[C@@H](c3ccccn3)[C@@H]2c2cccn2-c2cccc(C(=O)O)c2)cc1. The van der Waals surface area contributed by atoms with Crippen LogP contribution in [0.1, 0.15) is 59.2 Å². The van der Waals surface area contributed by atoms with Gasteiger partial charge in [-0.25, -0.2) is 4.79 Å². The molecule has 5 rings (SSSR count). The van der Waals surface area contributed by atoms with E-state index in [1.165, 1.54) is 5.56 Å². The molecule has 4 aromatic rings. The van der Waals surface area contributed by atoms with Gasteiger partial charge in [0.2, 0.25) is 0 Å². The third-order valence-electron chi connectivity index (χ3n) is 6.39. The van der Waals surface area contributed by atoms with Gasteiger partial charge in [0.05, 0.1) is 17.3 Å². The predicted octanol–water partition coefficient (Wildman–Crippen LogP) is 5.87. The molecule has 176 valence electrons. The van der Waals surface area contributed by atoms with Crippen molar-refractivity contribution in [3.8, 4) is 5.69 Å². The van der Waals surface area contributed by atoms with E-state index in [4.69, 9.17) is 12.2 Å². The first-order chi connectivity index (χ1) is 16.9. The summed E-state index contributed by atoms with van der Waals surface area (Å²) in [6, 6.07) is 25.0. The zero-order chi connectivity index (χ0) is 24.5. The van der Waals surface area contributed by atoms with Crippen LogP contribution in [0.4, 0.5) is 5.69 Å². The summed E-state index contributed by atoms with van der Waals surface area (Å²) in [6.45, 7) is 4.35. The van der Waals surface area contributed by atoms with E-state index in [1.807, 2.05) is 41.1 Å². The van der Waals surface area contributed by atoms with Gasteiger partial charge in [0.1, 0.15) is 6.04 Å². The number of carboxylic acid groups (broad SMARTS) is 1. The average molecular weight is 483 g/mol. The number of anilines is 1. The van der Waals surface area contributed by atoms with Crippen molar-refractivity contribution in [1.29, 1.82) is 0 Å². The molecule has 1 aliphatic rings. The number of aromatic carboxylic acids is 1. The highest BCUT2D eigenvalue weighted by atomic mass is 32.1. The van der Waals surface area contributed by atoms with Crippen molar-refractivity contribution in [2.75, 3.05) is 4.90 Å². The molecule has 1 saturated heterocycles.